The van der Waals surface area contributed by atoms with Crippen molar-refractivity contribution in [1.29, 1.82) is 0 Å². The van der Waals surface area contributed by atoms with Crippen molar-refractivity contribution in [1.82, 2.24) is 20.5 Å². The van der Waals surface area contributed by atoms with Gasteiger partial charge in [-0.25, -0.2) is 4.98 Å². The van der Waals surface area contributed by atoms with Crippen molar-refractivity contribution in [3.05, 3.63) is 47.2 Å². The Morgan fingerprint density at radius 1 is 1.14 bits per heavy atom. The first-order chi connectivity index (χ1) is 13.6. The Labute approximate surface area is 168 Å². The number of para-hydroxylation sites is 1. The maximum Gasteiger partial charge on any atom is 0.214 e. The SMILES string of the molecule is CCN(CC)CCOc1ccccc1CNC(=NC)NCc1nc(C)c(C)o1. The molecule has 1 aromatic heterocycles. The number of nitrogens with zero attached hydrogens (tertiary/aromatic N) is 3. The molecule has 1 heterocycles. The van der Waals surface area contributed by atoms with Crippen LogP contribution in [-0.2, 0) is 13.1 Å². The van der Waals surface area contributed by atoms with E-state index in [-0.39, 0.29) is 0 Å². The lowest BCUT2D eigenvalue weighted by molar-refractivity contribution is 0.221. The van der Waals surface area contributed by atoms with Crippen LogP contribution in [0.3, 0.4) is 0 Å². The molecule has 7 heteroatoms. The molecule has 0 saturated heterocycles. The molecule has 0 bridgehead atoms. The van der Waals surface area contributed by atoms with Crippen LogP contribution in [0.1, 0.15) is 36.8 Å². The van der Waals surface area contributed by atoms with E-state index in [0.717, 1.165) is 42.4 Å². The highest BCUT2D eigenvalue weighted by Gasteiger charge is 2.08. The fraction of sp³-hybridized carbons (Fsp3) is 0.524. The third-order valence-electron chi connectivity index (χ3n) is 4.68. The average Bonchev–Trinajstić information content (AvgIpc) is 3.03. The number of aliphatic imine (C=N–C) groups is 1. The number of ether oxygens (including phenoxy) is 1. The summed E-state index contributed by atoms with van der Waals surface area (Å²) in [5.41, 5.74) is 2.00. The van der Waals surface area contributed by atoms with Crippen molar-refractivity contribution in [2.24, 2.45) is 4.99 Å². The van der Waals surface area contributed by atoms with Gasteiger partial charge in [0.15, 0.2) is 5.96 Å². The molecule has 0 radical (unpaired) electrons. The molecule has 154 valence electrons. The van der Waals surface area contributed by atoms with Gasteiger partial charge in [0.25, 0.3) is 0 Å². The minimum atomic E-state index is 0.483. The second-order valence-corrected chi connectivity index (χ2v) is 6.51. The summed E-state index contributed by atoms with van der Waals surface area (Å²) in [5, 5.41) is 6.54. The fourth-order valence-electron chi connectivity index (χ4n) is 2.79. The number of benzene rings is 1. The Hall–Kier alpha value is -2.54. The van der Waals surface area contributed by atoms with E-state index in [1.54, 1.807) is 7.05 Å². The Bertz CT molecular complexity index is 734. The molecule has 0 atom stereocenters. The summed E-state index contributed by atoms with van der Waals surface area (Å²) in [6.45, 7) is 13.0. The second-order valence-electron chi connectivity index (χ2n) is 6.51. The molecular formula is C21H33N5O2. The van der Waals surface area contributed by atoms with Crippen LogP contribution in [-0.4, -0.2) is 49.1 Å². The van der Waals surface area contributed by atoms with Gasteiger partial charge in [0, 0.05) is 25.7 Å². The number of hydrogen-bond acceptors (Lipinski definition) is 5. The maximum absolute atomic E-state index is 6.02. The van der Waals surface area contributed by atoms with Gasteiger partial charge in [-0.2, -0.15) is 0 Å². The first-order valence-electron chi connectivity index (χ1n) is 9.87. The van der Waals surface area contributed by atoms with Gasteiger partial charge in [-0.3, -0.25) is 4.99 Å². The zero-order valence-corrected chi connectivity index (χ0v) is 17.7. The lowest BCUT2D eigenvalue weighted by atomic mass is 10.2. The van der Waals surface area contributed by atoms with Gasteiger partial charge in [0.1, 0.15) is 18.1 Å². The largest absolute Gasteiger partial charge is 0.492 e. The third-order valence-corrected chi connectivity index (χ3v) is 4.68. The zero-order valence-electron chi connectivity index (χ0n) is 17.7. The molecule has 0 aliphatic heterocycles. The summed E-state index contributed by atoms with van der Waals surface area (Å²) in [5.74, 6) is 3.08. The van der Waals surface area contributed by atoms with Crippen LogP contribution in [0.15, 0.2) is 33.7 Å². The lowest BCUT2D eigenvalue weighted by Gasteiger charge is -2.19. The van der Waals surface area contributed by atoms with Crippen molar-refractivity contribution in [3.63, 3.8) is 0 Å². The number of guanidine groups is 1. The van der Waals surface area contributed by atoms with Crippen molar-refractivity contribution >= 4 is 5.96 Å². The molecule has 28 heavy (non-hydrogen) atoms. The highest BCUT2D eigenvalue weighted by atomic mass is 16.5. The maximum atomic E-state index is 6.02. The lowest BCUT2D eigenvalue weighted by Crippen LogP contribution is -2.36. The molecule has 0 spiro atoms. The number of nitrogens with one attached hydrogen (secondary N) is 2. The molecule has 0 amide bonds. The van der Waals surface area contributed by atoms with Gasteiger partial charge in [0.05, 0.1) is 12.2 Å². The minimum Gasteiger partial charge on any atom is -0.492 e. The molecular weight excluding hydrogens is 354 g/mol. The molecule has 0 aliphatic carbocycles. The van der Waals surface area contributed by atoms with E-state index in [2.05, 4.69) is 45.4 Å². The molecule has 0 saturated carbocycles. The van der Waals surface area contributed by atoms with Gasteiger partial charge in [0.2, 0.25) is 5.89 Å². The first kappa shape index (κ1) is 21.8. The monoisotopic (exact) mass is 387 g/mol. The van der Waals surface area contributed by atoms with Crippen molar-refractivity contribution in [2.45, 2.75) is 40.8 Å². The highest BCUT2D eigenvalue weighted by molar-refractivity contribution is 5.79. The van der Waals surface area contributed by atoms with E-state index in [1.807, 2.05) is 32.0 Å². The summed E-state index contributed by atoms with van der Waals surface area (Å²) in [6, 6.07) is 8.08. The quantitative estimate of drug-likeness (QED) is 0.482. The summed E-state index contributed by atoms with van der Waals surface area (Å²) in [4.78, 5) is 11.0. The summed E-state index contributed by atoms with van der Waals surface area (Å²) >= 11 is 0. The van der Waals surface area contributed by atoms with Crippen LogP contribution in [0.2, 0.25) is 0 Å². The van der Waals surface area contributed by atoms with Gasteiger partial charge >= 0.3 is 0 Å². The van der Waals surface area contributed by atoms with E-state index >= 15 is 0 Å². The Morgan fingerprint density at radius 3 is 2.50 bits per heavy atom. The number of oxazole rings is 1. The van der Waals surface area contributed by atoms with Crippen molar-refractivity contribution < 1.29 is 9.15 Å². The predicted octanol–water partition coefficient (Wildman–Crippen LogP) is 2.88. The third kappa shape index (κ3) is 6.56. The summed E-state index contributed by atoms with van der Waals surface area (Å²) < 4.78 is 11.6. The molecule has 7 nitrogen and oxygen atoms in total. The zero-order chi connectivity index (χ0) is 20.4. The van der Waals surface area contributed by atoms with Crippen molar-refractivity contribution in [3.8, 4) is 5.75 Å². The smallest absolute Gasteiger partial charge is 0.214 e. The highest BCUT2D eigenvalue weighted by Crippen LogP contribution is 2.17. The number of rotatable bonds is 10. The van der Waals surface area contributed by atoms with Crippen LogP contribution in [0.5, 0.6) is 5.75 Å². The van der Waals surface area contributed by atoms with Gasteiger partial charge in [-0.15, -0.1) is 0 Å². The van der Waals surface area contributed by atoms with Gasteiger partial charge < -0.3 is 24.7 Å². The normalized spacial score (nSPS) is 11.7. The van der Waals surface area contributed by atoms with E-state index in [4.69, 9.17) is 9.15 Å². The number of hydrogen-bond donors (Lipinski definition) is 2. The average molecular weight is 388 g/mol. The molecule has 1 aromatic carbocycles. The van der Waals surface area contributed by atoms with Crippen molar-refractivity contribution in [2.75, 3.05) is 33.3 Å². The van der Waals surface area contributed by atoms with Crippen LogP contribution in [0.4, 0.5) is 0 Å². The molecule has 2 aromatic rings. The molecule has 2 N–H and O–H groups in total. The van der Waals surface area contributed by atoms with Crippen LogP contribution >= 0.6 is 0 Å². The molecule has 0 fully saturated rings. The standard InChI is InChI=1S/C21H33N5O2/c1-6-26(7-2)12-13-27-19-11-9-8-10-18(19)14-23-21(22-5)24-15-20-25-16(3)17(4)28-20/h8-11H,6-7,12-15H2,1-5H3,(H2,22,23,24). The summed E-state index contributed by atoms with van der Waals surface area (Å²) in [7, 11) is 1.74. The van der Waals surface area contributed by atoms with Gasteiger partial charge in [-0.1, -0.05) is 32.0 Å². The minimum absolute atomic E-state index is 0.483. The number of aromatic nitrogens is 1. The van der Waals surface area contributed by atoms with Crippen LogP contribution in [0, 0.1) is 13.8 Å². The molecule has 0 unspecified atom stereocenters. The van der Waals surface area contributed by atoms with Crippen LogP contribution < -0.4 is 15.4 Å². The fourth-order valence-corrected chi connectivity index (χ4v) is 2.79. The van der Waals surface area contributed by atoms with E-state index in [0.29, 0.717) is 31.5 Å². The van der Waals surface area contributed by atoms with E-state index < -0.39 is 0 Å². The summed E-state index contributed by atoms with van der Waals surface area (Å²) in [6.07, 6.45) is 0. The Balaban J connectivity index is 1.86. The van der Waals surface area contributed by atoms with E-state index in [1.165, 1.54) is 0 Å². The predicted molar refractivity (Wildman–Crippen MR) is 113 cm³/mol. The van der Waals surface area contributed by atoms with E-state index in [9.17, 15) is 0 Å². The topological polar surface area (TPSA) is 74.9 Å². The van der Waals surface area contributed by atoms with Gasteiger partial charge in [-0.05, 0) is 33.0 Å². The Morgan fingerprint density at radius 2 is 1.86 bits per heavy atom. The first-order valence-corrected chi connectivity index (χ1v) is 9.87. The molecule has 0 aliphatic rings. The number of aryl methyl sites for hydroxylation is 2. The number of likely N-dealkylation sites (N-methyl/N-ethyl adjacent to an activating group) is 1. The van der Waals surface area contributed by atoms with Crippen LogP contribution in [0.25, 0.3) is 0 Å². The Kier molecular flexibility index (Phi) is 8.81. The molecule has 2 rings (SSSR count). The second kappa shape index (κ2) is 11.3.